The van der Waals surface area contributed by atoms with E-state index in [1.165, 1.54) is 16.8 Å². The predicted octanol–water partition coefficient (Wildman–Crippen LogP) is 2.71. The number of anilines is 1. The lowest BCUT2D eigenvalue weighted by molar-refractivity contribution is 0.411. The van der Waals surface area contributed by atoms with Crippen LogP contribution in [0.15, 0.2) is 12.1 Å². The Hall–Kier alpha value is -1.22. The molecule has 3 N–H and O–H groups in total. The van der Waals surface area contributed by atoms with Crippen LogP contribution in [0.25, 0.3) is 0 Å². The summed E-state index contributed by atoms with van der Waals surface area (Å²) in [6, 6.07) is 4.09. The smallest absolute Gasteiger partial charge is 0.122 e. The van der Waals surface area contributed by atoms with Crippen LogP contribution in [0.5, 0.6) is 5.75 Å². The van der Waals surface area contributed by atoms with Gasteiger partial charge >= 0.3 is 0 Å². The Morgan fingerprint density at radius 1 is 1.29 bits per heavy atom. The fourth-order valence-corrected chi connectivity index (χ4v) is 1.88. The predicted molar refractivity (Wildman–Crippen MR) is 73.8 cm³/mol. The van der Waals surface area contributed by atoms with Crippen molar-refractivity contribution >= 4 is 5.69 Å². The summed E-state index contributed by atoms with van der Waals surface area (Å²) in [7, 11) is 1.71. The zero-order valence-corrected chi connectivity index (χ0v) is 11.3. The Bertz CT molecular complexity index is 363. The molecule has 0 amide bonds. The average Bonchev–Trinajstić information content (AvgIpc) is 2.31. The van der Waals surface area contributed by atoms with Crippen LogP contribution >= 0.6 is 0 Å². The fraction of sp³-hybridized carbons (Fsp3) is 0.571. The number of hydrogen-bond acceptors (Lipinski definition) is 3. The maximum absolute atomic E-state index is 5.55. The highest BCUT2D eigenvalue weighted by Gasteiger charge is 2.07. The fourth-order valence-electron chi connectivity index (χ4n) is 1.88. The van der Waals surface area contributed by atoms with E-state index in [0.717, 1.165) is 25.3 Å². The lowest BCUT2D eigenvalue weighted by Crippen LogP contribution is -2.15. The van der Waals surface area contributed by atoms with Gasteiger partial charge in [-0.3, -0.25) is 0 Å². The molecule has 3 nitrogen and oxygen atoms in total. The third kappa shape index (κ3) is 3.63. The number of ether oxygens (including phenoxy) is 1. The van der Waals surface area contributed by atoms with E-state index in [-0.39, 0.29) is 0 Å². The second-order valence-electron chi connectivity index (χ2n) is 4.63. The molecule has 1 unspecified atom stereocenters. The molecule has 0 saturated heterocycles. The Balaban J connectivity index is 2.69. The first-order chi connectivity index (χ1) is 8.10. The monoisotopic (exact) mass is 236 g/mol. The lowest BCUT2D eigenvalue weighted by atomic mass is 10.1. The summed E-state index contributed by atoms with van der Waals surface area (Å²) in [6.45, 7) is 8.13. The van der Waals surface area contributed by atoms with Crippen molar-refractivity contribution < 1.29 is 4.74 Å². The Morgan fingerprint density at radius 3 is 2.59 bits per heavy atom. The van der Waals surface area contributed by atoms with Crippen LogP contribution in [0.1, 0.15) is 24.5 Å². The van der Waals surface area contributed by atoms with Gasteiger partial charge in [0.2, 0.25) is 0 Å². The number of nitrogens with two attached hydrogens (primary N) is 1. The van der Waals surface area contributed by atoms with Gasteiger partial charge in [0.1, 0.15) is 5.75 Å². The quantitative estimate of drug-likeness (QED) is 0.798. The Kier molecular flexibility index (Phi) is 5.29. The molecule has 0 aliphatic rings. The molecular formula is C14H24N2O. The van der Waals surface area contributed by atoms with E-state index >= 15 is 0 Å². The number of hydrogen-bond donors (Lipinski definition) is 2. The third-order valence-corrected chi connectivity index (χ3v) is 3.26. The van der Waals surface area contributed by atoms with Crippen molar-refractivity contribution in [2.75, 3.05) is 25.5 Å². The number of nitrogens with one attached hydrogen (secondary N) is 1. The zero-order valence-electron chi connectivity index (χ0n) is 11.3. The van der Waals surface area contributed by atoms with E-state index in [9.17, 15) is 0 Å². The minimum atomic E-state index is 0.599. The molecule has 0 heterocycles. The summed E-state index contributed by atoms with van der Waals surface area (Å²) in [6.07, 6.45) is 1.06. The zero-order chi connectivity index (χ0) is 12.8. The minimum absolute atomic E-state index is 0.599. The second kappa shape index (κ2) is 6.50. The van der Waals surface area contributed by atoms with Crippen molar-refractivity contribution in [1.82, 2.24) is 0 Å². The van der Waals surface area contributed by atoms with Crippen molar-refractivity contribution in [1.29, 1.82) is 0 Å². The maximum Gasteiger partial charge on any atom is 0.122 e. The summed E-state index contributed by atoms with van der Waals surface area (Å²) in [4.78, 5) is 0. The van der Waals surface area contributed by atoms with E-state index in [1.807, 2.05) is 6.07 Å². The molecule has 0 aromatic heterocycles. The van der Waals surface area contributed by atoms with E-state index in [2.05, 4.69) is 32.2 Å². The Labute approximate surface area is 104 Å². The normalized spacial score (nSPS) is 12.3. The van der Waals surface area contributed by atoms with Gasteiger partial charge in [-0.2, -0.15) is 0 Å². The average molecular weight is 236 g/mol. The maximum atomic E-state index is 5.55. The van der Waals surface area contributed by atoms with Crippen LogP contribution in [0.3, 0.4) is 0 Å². The van der Waals surface area contributed by atoms with Crippen LogP contribution in [0, 0.1) is 19.8 Å². The first-order valence-corrected chi connectivity index (χ1v) is 6.18. The van der Waals surface area contributed by atoms with Gasteiger partial charge in [-0.1, -0.05) is 6.92 Å². The van der Waals surface area contributed by atoms with E-state index in [1.54, 1.807) is 7.11 Å². The first-order valence-electron chi connectivity index (χ1n) is 6.18. The molecule has 96 valence electrons. The molecule has 0 fully saturated rings. The summed E-state index contributed by atoms with van der Waals surface area (Å²) in [5.41, 5.74) is 9.19. The highest BCUT2D eigenvalue weighted by molar-refractivity contribution is 5.58. The van der Waals surface area contributed by atoms with Crippen molar-refractivity contribution in [3.8, 4) is 5.75 Å². The molecule has 1 aromatic carbocycles. The largest absolute Gasteiger partial charge is 0.496 e. The van der Waals surface area contributed by atoms with Gasteiger partial charge in [0.05, 0.1) is 7.11 Å². The van der Waals surface area contributed by atoms with Gasteiger partial charge in [-0.15, -0.1) is 0 Å². The molecule has 3 heteroatoms. The van der Waals surface area contributed by atoms with Gasteiger partial charge in [0.25, 0.3) is 0 Å². The van der Waals surface area contributed by atoms with Crippen molar-refractivity contribution in [3.05, 3.63) is 23.3 Å². The molecule has 0 radical (unpaired) electrons. The van der Waals surface area contributed by atoms with Crippen LogP contribution in [0.4, 0.5) is 5.69 Å². The van der Waals surface area contributed by atoms with Crippen LogP contribution in [-0.4, -0.2) is 20.2 Å². The molecule has 1 rings (SSSR count). The number of benzene rings is 1. The summed E-state index contributed by atoms with van der Waals surface area (Å²) in [5.74, 6) is 1.55. The molecule has 1 aromatic rings. The molecule has 1 atom stereocenters. The second-order valence-corrected chi connectivity index (χ2v) is 4.63. The summed E-state index contributed by atoms with van der Waals surface area (Å²) in [5, 5.41) is 3.48. The summed E-state index contributed by atoms with van der Waals surface area (Å²) < 4.78 is 5.30. The van der Waals surface area contributed by atoms with Gasteiger partial charge in [-0.05, 0) is 56.0 Å². The van der Waals surface area contributed by atoms with Crippen molar-refractivity contribution in [2.24, 2.45) is 11.7 Å². The van der Waals surface area contributed by atoms with E-state index < -0.39 is 0 Å². The minimum Gasteiger partial charge on any atom is -0.496 e. The molecule has 0 aliphatic heterocycles. The molecule has 17 heavy (non-hydrogen) atoms. The van der Waals surface area contributed by atoms with E-state index in [4.69, 9.17) is 10.5 Å². The first kappa shape index (κ1) is 13.8. The van der Waals surface area contributed by atoms with Crippen LogP contribution in [0.2, 0.25) is 0 Å². The molecule has 0 spiro atoms. The third-order valence-electron chi connectivity index (χ3n) is 3.26. The van der Waals surface area contributed by atoms with E-state index in [0.29, 0.717) is 5.92 Å². The lowest BCUT2D eigenvalue weighted by Gasteiger charge is -2.17. The van der Waals surface area contributed by atoms with Crippen LogP contribution in [-0.2, 0) is 0 Å². The standard InChI is InChI=1S/C14H24N2O/c1-10(7-8-15)9-16-13-5-6-14(17-4)12(3)11(13)2/h5-6,10,16H,7-9,15H2,1-4H3. The van der Waals surface area contributed by atoms with Gasteiger partial charge in [0.15, 0.2) is 0 Å². The van der Waals surface area contributed by atoms with Crippen LogP contribution < -0.4 is 15.8 Å². The van der Waals surface area contributed by atoms with Gasteiger partial charge in [0, 0.05) is 12.2 Å². The highest BCUT2D eigenvalue weighted by Crippen LogP contribution is 2.27. The molecule has 0 saturated carbocycles. The molecule has 0 bridgehead atoms. The topological polar surface area (TPSA) is 47.3 Å². The molecular weight excluding hydrogens is 212 g/mol. The number of methoxy groups -OCH3 is 1. The van der Waals surface area contributed by atoms with Crippen molar-refractivity contribution in [2.45, 2.75) is 27.2 Å². The van der Waals surface area contributed by atoms with Gasteiger partial charge < -0.3 is 15.8 Å². The highest BCUT2D eigenvalue weighted by atomic mass is 16.5. The Morgan fingerprint density at radius 2 is 2.00 bits per heavy atom. The van der Waals surface area contributed by atoms with Gasteiger partial charge in [-0.25, -0.2) is 0 Å². The summed E-state index contributed by atoms with van der Waals surface area (Å²) >= 11 is 0. The SMILES string of the molecule is COc1ccc(NCC(C)CCN)c(C)c1C. The molecule has 0 aliphatic carbocycles. The van der Waals surface area contributed by atoms with Crippen molar-refractivity contribution in [3.63, 3.8) is 0 Å². The number of rotatable bonds is 6.